The van der Waals surface area contributed by atoms with Crippen LogP contribution in [0.2, 0.25) is 10.0 Å². The minimum absolute atomic E-state index is 0.0686. The molecule has 0 bridgehead atoms. The summed E-state index contributed by atoms with van der Waals surface area (Å²) in [6.45, 7) is 7.38. The third kappa shape index (κ3) is 4.59. The van der Waals surface area contributed by atoms with Gasteiger partial charge in [-0.3, -0.25) is 4.79 Å². The van der Waals surface area contributed by atoms with E-state index in [-0.39, 0.29) is 27.2 Å². The van der Waals surface area contributed by atoms with Crippen LogP contribution >= 0.6 is 23.2 Å². The van der Waals surface area contributed by atoms with Gasteiger partial charge in [-0.25, -0.2) is 0 Å². The summed E-state index contributed by atoms with van der Waals surface area (Å²) in [5.74, 6) is -0.133. The van der Waals surface area contributed by atoms with Crippen molar-refractivity contribution >= 4 is 40.5 Å². The van der Waals surface area contributed by atoms with Crippen LogP contribution in [-0.4, -0.2) is 17.8 Å². The van der Waals surface area contributed by atoms with Gasteiger partial charge in [-0.15, -0.1) is 0 Å². The second-order valence-electron chi connectivity index (χ2n) is 8.51. The summed E-state index contributed by atoms with van der Waals surface area (Å²) in [7, 11) is 0. The number of nitrogens with zero attached hydrogens (tertiary/aromatic N) is 1. The third-order valence-corrected chi connectivity index (χ3v) is 6.26. The number of aryl methyl sites for hydroxylation is 1. The van der Waals surface area contributed by atoms with Crippen molar-refractivity contribution in [1.82, 2.24) is 0 Å². The van der Waals surface area contributed by atoms with Gasteiger partial charge in [-0.05, 0) is 54.8 Å². The van der Waals surface area contributed by atoms with Crippen LogP contribution in [-0.2, 0) is 15.2 Å². The molecule has 0 fully saturated rings. The molecule has 0 saturated carbocycles. The number of rotatable bonds is 5. The summed E-state index contributed by atoms with van der Waals surface area (Å²) in [5, 5.41) is 6.78. The van der Waals surface area contributed by atoms with Crippen molar-refractivity contribution in [2.75, 3.05) is 5.32 Å². The first-order valence-corrected chi connectivity index (χ1v) is 10.8. The highest BCUT2D eigenvalue weighted by atomic mass is 35.5. The van der Waals surface area contributed by atoms with Gasteiger partial charge in [0.15, 0.2) is 0 Å². The van der Waals surface area contributed by atoms with Gasteiger partial charge in [0.25, 0.3) is 5.60 Å². The number of amides is 1. The Morgan fingerprint density at radius 1 is 1.16 bits per heavy atom. The van der Waals surface area contributed by atoms with Crippen LogP contribution in [0.1, 0.15) is 50.3 Å². The van der Waals surface area contributed by atoms with Gasteiger partial charge in [-0.1, -0.05) is 55.2 Å². The first-order chi connectivity index (χ1) is 14.8. The van der Waals surface area contributed by atoms with Crippen LogP contribution in [0.5, 0.6) is 0 Å². The first kappa shape index (κ1) is 24.4. The van der Waals surface area contributed by atoms with Crippen molar-refractivity contribution in [3.63, 3.8) is 0 Å². The molecule has 9 heteroatoms. The monoisotopic (exact) mass is 486 g/mol. The zero-order chi connectivity index (χ0) is 23.9. The van der Waals surface area contributed by atoms with Crippen molar-refractivity contribution in [2.24, 2.45) is 10.6 Å². The normalized spacial score (nSPS) is 18.8. The second-order valence-corrected chi connectivity index (χ2v) is 9.38. The number of benzene rings is 2. The minimum atomic E-state index is -4.76. The quantitative estimate of drug-likeness (QED) is 0.483. The Labute approximate surface area is 194 Å². The molecule has 4 nitrogen and oxygen atoms in total. The van der Waals surface area contributed by atoms with E-state index in [4.69, 9.17) is 28.0 Å². The Morgan fingerprint density at radius 3 is 2.31 bits per heavy atom. The summed E-state index contributed by atoms with van der Waals surface area (Å²) in [6.07, 6.45) is -4.64. The van der Waals surface area contributed by atoms with Crippen molar-refractivity contribution in [3.8, 4) is 0 Å². The molecular weight excluding hydrogens is 464 g/mol. The van der Waals surface area contributed by atoms with E-state index < -0.39 is 23.6 Å². The van der Waals surface area contributed by atoms with Gasteiger partial charge < -0.3 is 10.2 Å². The third-order valence-electron chi connectivity index (χ3n) is 5.82. The maximum absolute atomic E-state index is 14.2. The SMILES string of the molecule is CCC(C)(C)C(=O)Nc1ccc(C2=NOC(c3cc(Cl)cc(Cl)c3)(C(F)(F)F)C2)cc1C. The molecule has 1 atom stereocenters. The molecule has 1 amide bonds. The molecule has 0 radical (unpaired) electrons. The number of hydrogen-bond donors (Lipinski definition) is 1. The highest BCUT2D eigenvalue weighted by Gasteiger charge is 2.62. The topological polar surface area (TPSA) is 50.7 Å². The highest BCUT2D eigenvalue weighted by molar-refractivity contribution is 6.34. The molecule has 0 aliphatic carbocycles. The molecule has 1 N–H and O–H groups in total. The fraction of sp³-hybridized carbons (Fsp3) is 0.391. The molecule has 1 unspecified atom stereocenters. The Balaban J connectivity index is 1.90. The molecule has 32 heavy (non-hydrogen) atoms. The number of carbonyl (C=O) groups excluding carboxylic acids is 1. The van der Waals surface area contributed by atoms with Crippen LogP contribution in [0.15, 0.2) is 41.6 Å². The fourth-order valence-electron chi connectivity index (χ4n) is 3.28. The lowest BCUT2D eigenvalue weighted by Gasteiger charge is -2.29. The molecule has 2 aromatic carbocycles. The molecule has 0 saturated heterocycles. The maximum Gasteiger partial charge on any atom is 0.435 e. The standard InChI is InChI=1S/C23H23Cl2F3N2O2/c1-5-21(3,4)20(31)29-18-7-6-14(8-13(18)2)19-12-22(32-30-19,23(26,27)28)15-9-16(24)11-17(25)10-15/h6-11H,5,12H2,1-4H3,(H,29,31). The van der Waals surface area contributed by atoms with Crippen LogP contribution < -0.4 is 5.32 Å². The van der Waals surface area contributed by atoms with Gasteiger partial charge in [0.05, 0.1) is 5.71 Å². The van der Waals surface area contributed by atoms with E-state index in [2.05, 4.69) is 10.5 Å². The zero-order valence-corrected chi connectivity index (χ0v) is 19.5. The Bertz CT molecular complexity index is 1060. The van der Waals surface area contributed by atoms with E-state index in [1.54, 1.807) is 25.1 Å². The zero-order valence-electron chi connectivity index (χ0n) is 18.0. The largest absolute Gasteiger partial charge is 0.435 e. The van der Waals surface area contributed by atoms with Crippen molar-refractivity contribution in [2.45, 2.75) is 52.3 Å². The van der Waals surface area contributed by atoms with Gasteiger partial charge >= 0.3 is 6.18 Å². The lowest BCUT2D eigenvalue weighted by atomic mass is 9.86. The lowest BCUT2D eigenvalue weighted by molar-refractivity contribution is -0.275. The summed E-state index contributed by atoms with van der Waals surface area (Å²) in [6, 6.07) is 8.65. The first-order valence-electron chi connectivity index (χ1n) is 10.00. The number of oxime groups is 1. The summed E-state index contributed by atoms with van der Waals surface area (Å²) < 4.78 is 42.5. The number of halogens is 5. The molecule has 1 aliphatic heterocycles. The second kappa shape index (κ2) is 8.60. The molecule has 1 aliphatic rings. The van der Waals surface area contributed by atoms with Crippen LogP contribution in [0.25, 0.3) is 0 Å². The fourth-order valence-corrected chi connectivity index (χ4v) is 3.81. The summed E-state index contributed by atoms with van der Waals surface area (Å²) in [5.41, 5.74) is -1.57. The van der Waals surface area contributed by atoms with E-state index in [9.17, 15) is 18.0 Å². The van der Waals surface area contributed by atoms with Crippen LogP contribution in [0.3, 0.4) is 0 Å². The number of nitrogens with one attached hydrogen (secondary N) is 1. The Morgan fingerprint density at radius 2 is 1.78 bits per heavy atom. The average Bonchev–Trinajstić information content (AvgIpc) is 3.15. The molecule has 172 valence electrons. The number of hydrogen-bond acceptors (Lipinski definition) is 3. The molecule has 3 rings (SSSR count). The van der Waals surface area contributed by atoms with E-state index >= 15 is 0 Å². The number of carbonyl (C=O) groups is 1. The summed E-state index contributed by atoms with van der Waals surface area (Å²) >= 11 is 11.9. The van der Waals surface area contributed by atoms with Gasteiger partial charge in [0.1, 0.15) is 0 Å². The van der Waals surface area contributed by atoms with E-state index in [0.717, 1.165) is 0 Å². The Hall–Kier alpha value is -2.25. The molecule has 0 aromatic heterocycles. The smallest absolute Gasteiger partial charge is 0.374 e. The molecule has 0 spiro atoms. The number of alkyl halides is 3. The van der Waals surface area contributed by atoms with E-state index in [1.807, 2.05) is 20.8 Å². The minimum Gasteiger partial charge on any atom is -0.374 e. The van der Waals surface area contributed by atoms with Gasteiger partial charge in [0, 0.05) is 33.1 Å². The molecule has 2 aromatic rings. The van der Waals surface area contributed by atoms with E-state index in [1.165, 1.54) is 18.2 Å². The van der Waals surface area contributed by atoms with Gasteiger partial charge in [-0.2, -0.15) is 13.2 Å². The summed E-state index contributed by atoms with van der Waals surface area (Å²) in [4.78, 5) is 17.5. The van der Waals surface area contributed by atoms with Crippen molar-refractivity contribution in [3.05, 3.63) is 63.1 Å². The maximum atomic E-state index is 14.2. The molecule has 1 heterocycles. The van der Waals surface area contributed by atoms with Crippen LogP contribution in [0, 0.1) is 12.3 Å². The van der Waals surface area contributed by atoms with Crippen molar-refractivity contribution in [1.29, 1.82) is 0 Å². The highest BCUT2D eigenvalue weighted by Crippen LogP contribution is 2.49. The predicted molar refractivity (Wildman–Crippen MR) is 120 cm³/mol. The molecular formula is C23H23Cl2F3N2O2. The van der Waals surface area contributed by atoms with E-state index in [0.29, 0.717) is 23.2 Å². The predicted octanol–water partition coefficient (Wildman–Crippen LogP) is 7.26. The van der Waals surface area contributed by atoms with Gasteiger partial charge in [0.2, 0.25) is 5.91 Å². The lowest BCUT2D eigenvalue weighted by Crippen LogP contribution is -2.42. The van der Waals surface area contributed by atoms with Crippen molar-refractivity contribution < 1.29 is 22.8 Å². The average molecular weight is 487 g/mol. The van der Waals surface area contributed by atoms with Crippen LogP contribution in [0.4, 0.5) is 18.9 Å². The Kier molecular flexibility index (Phi) is 6.55. The number of anilines is 1.